The molecule has 15 nitrogen and oxygen atoms in total. The van der Waals surface area contributed by atoms with Crippen LogP contribution in [0.1, 0.15) is 69.7 Å². The van der Waals surface area contributed by atoms with Crippen molar-refractivity contribution in [2.75, 3.05) is 66.8 Å². The Morgan fingerprint density at radius 3 is 1.51 bits per heavy atom. The lowest BCUT2D eigenvalue weighted by molar-refractivity contribution is -0.238. The third-order valence-corrected chi connectivity index (χ3v) is 3.98. The van der Waals surface area contributed by atoms with E-state index < -0.39 is 29.7 Å². The van der Waals surface area contributed by atoms with E-state index in [4.69, 9.17) is 48.2 Å². The van der Waals surface area contributed by atoms with E-state index >= 15 is 0 Å². The summed E-state index contributed by atoms with van der Waals surface area (Å²) in [4.78, 5) is 33.6. The van der Waals surface area contributed by atoms with E-state index in [1.165, 1.54) is 6.92 Å². The van der Waals surface area contributed by atoms with Crippen LogP contribution >= 0.6 is 0 Å². The molecule has 41 heavy (non-hydrogen) atoms. The molecule has 3 unspecified atom stereocenters. The van der Waals surface area contributed by atoms with E-state index in [2.05, 4.69) is 22.4 Å². The number of aliphatic hydroxyl groups is 1. The van der Waals surface area contributed by atoms with Gasteiger partial charge in [0.1, 0.15) is 0 Å². The number of hydrogen-bond donors (Lipinski definition) is 10. The Kier molecular flexibility index (Phi) is 82.7. The highest BCUT2D eigenvalue weighted by Gasteiger charge is 2.14. The maximum Gasteiger partial charge on any atom is 0.344 e. The number of nitrogens with one attached hydrogen (secondary N) is 2. The number of likely N-dealkylation sites (N-methyl/N-ethyl adjacent to an activating group) is 1. The minimum Gasteiger partial charge on any atom is -0.481 e. The third kappa shape index (κ3) is 72.9. The van der Waals surface area contributed by atoms with Crippen molar-refractivity contribution in [1.82, 2.24) is 10.6 Å². The van der Waals surface area contributed by atoms with E-state index in [9.17, 15) is 14.4 Å². The van der Waals surface area contributed by atoms with Gasteiger partial charge in [-0.3, -0.25) is 9.59 Å². The van der Waals surface area contributed by atoms with Crippen LogP contribution in [0, 0.1) is 17.8 Å². The average molecular weight is 611 g/mol. The van der Waals surface area contributed by atoms with Crippen molar-refractivity contribution in [3.05, 3.63) is 0 Å². The molecule has 0 radical (unpaired) electrons. The number of ether oxygens (including phenoxy) is 1. The maximum absolute atomic E-state index is 10.3. The second-order valence-corrected chi connectivity index (χ2v) is 7.64. The molecule has 0 bridgehead atoms. The SMILES string of the molecule is C.C.C.C.CC(CC(=O)O)C(=O)O.CC(CCO)C(=O)OO.CC(CN)CCN.CNCCOCCN.CNCN. The molecule has 0 aromatic carbocycles. The summed E-state index contributed by atoms with van der Waals surface area (Å²) in [5.41, 5.74) is 20.6. The minimum absolute atomic E-state index is 0. The van der Waals surface area contributed by atoms with E-state index in [0.717, 1.165) is 32.7 Å². The van der Waals surface area contributed by atoms with E-state index in [-0.39, 0.29) is 42.7 Å². The van der Waals surface area contributed by atoms with Crippen LogP contribution in [0.3, 0.4) is 0 Å². The number of rotatable bonds is 15. The Labute approximate surface area is 250 Å². The van der Waals surface area contributed by atoms with Gasteiger partial charge in [-0.2, -0.15) is 5.26 Å². The van der Waals surface area contributed by atoms with Crippen LogP contribution in [0.4, 0.5) is 0 Å². The highest BCUT2D eigenvalue weighted by atomic mass is 17.1. The van der Waals surface area contributed by atoms with Gasteiger partial charge in [-0.05, 0) is 45.9 Å². The van der Waals surface area contributed by atoms with Gasteiger partial charge in [0.05, 0.1) is 31.5 Å². The summed E-state index contributed by atoms with van der Waals surface area (Å²) >= 11 is 0. The third-order valence-electron chi connectivity index (χ3n) is 3.98. The number of carboxylic acid groups (broad SMARTS) is 2. The van der Waals surface area contributed by atoms with Crippen LogP contribution in [-0.2, 0) is 24.0 Å². The Morgan fingerprint density at radius 2 is 1.29 bits per heavy atom. The van der Waals surface area contributed by atoms with Crippen LogP contribution in [0.5, 0.6) is 0 Å². The Morgan fingerprint density at radius 1 is 0.805 bits per heavy atom. The summed E-state index contributed by atoms with van der Waals surface area (Å²) < 4.78 is 5.04. The molecule has 0 aliphatic heterocycles. The number of aliphatic carboxylic acids is 2. The number of carbonyl (C=O) groups is 3. The summed E-state index contributed by atoms with van der Waals surface area (Å²) in [6, 6.07) is 0. The first-order valence-electron chi connectivity index (χ1n) is 12.0. The Hall–Kier alpha value is -1.95. The fraction of sp³-hybridized carbons (Fsp3) is 0.885. The molecule has 0 saturated heterocycles. The fourth-order valence-electron chi connectivity index (χ4n) is 1.51. The molecule has 0 aromatic heterocycles. The molecule has 0 fully saturated rings. The second-order valence-electron chi connectivity index (χ2n) is 7.64. The lowest BCUT2D eigenvalue weighted by atomic mass is 10.1. The molecular weight excluding hydrogens is 540 g/mol. The summed E-state index contributed by atoms with van der Waals surface area (Å²) in [5, 5.41) is 38.0. The normalized spacial score (nSPS) is 10.6. The van der Waals surface area contributed by atoms with Crippen LogP contribution < -0.4 is 33.6 Å². The monoisotopic (exact) mass is 611 g/mol. The van der Waals surface area contributed by atoms with Gasteiger partial charge in [0.2, 0.25) is 0 Å². The highest BCUT2D eigenvalue weighted by molar-refractivity contribution is 5.77. The fourth-order valence-corrected chi connectivity index (χ4v) is 1.51. The predicted molar refractivity (Wildman–Crippen MR) is 169 cm³/mol. The number of carboxylic acids is 2. The Balaban J connectivity index is -0.0000000443. The topological polar surface area (TPSA) is 279 Å². The zero-order valence-corrected chi connectivity index (χ0v) is 23.1. The van der Waals surface area contributed by atoms with Crippen LogP contribution in [-0.4, -0.2) is 105 Å². The molecule has 0 amide bonds. The number of nitrogens with two attached hydrogens (primary N) is 4. The average Bonchev–Trinajstić information content (AvgIpc) is 2.87. The molecule has 0 spiro atoms. The number of hydrogen-bond acceptors (Lipinski definition) is 13. The van der Waals surface area contributed by atoms with Gasteiger partial charge in [0, 0.05) is 26.4 Å². The Bertz CT molecular complexity index is 486. The van der Waals surface area contributed by atoms with E-state index in [1.54, 1.807) is 14.0 Å². The first-order chi connectivity index (χ1) is 17.4. The first-order valence-corrected chi connectivity index (χ1v) is 12.0. The van der Waals surface area contributed by atoms with Gasteiger partial charge in [-0.1, -0.05) is 50.5 Å². The van der Waals surface area contributed by atoms with Crippen molar-refractivity contribution in [2.45, 2.75) is 69.7 Å². The molecule has 3 atom stereocenters. The van der Waals surface area contributed by atoms with Gasteiger partial charge < -0.3 is 58.5 Å². The van der Waals surface area contributed by atoms with Gasteiger partial charge in [0.15, 0.2) is 0 Å². The highest BCUT2D eigenvalue weighted by Crippen LogP contribution is 2.01. The zero-order valence-electron chi connectivity index (χ0n) is 23.1. The summed E-state index contributed by atoms with van der Waals surface area (Å²) in [6.45, 7) is 9.99. The number of carbonyl (C=O) groups excluding carboxylic acids is 1. The van der Waals surface area contributed by atoms with E-state index in [0.29, 0.717) is 32.2 Å². The standard InChI is InChI=1S/C5H14N2O.C5H14N2.C5H10O4.C5H8O4.C2H8N2.4CH4/c1-7-3-5-8-4-2-6;1-5(4-7)2-3-6;1-4(2-3-6)5(7)9-8;1-3(5(8)9)2-4(6)7;1-4-2-3;;;;/h7H,2-6H2,1H3;5H,2-4,6-7H2,1H3;4,6,8H,2-3H2,1H3;3H,2H2,1H3,(H,6,7)(H,8,9);4H,2-3H2,1H3;4*1H4. The smallest absolute Gasteiger partial charge is 0.344 e. The molecule has 15 heteroatoms. The van der Waals surface area contributed by atoms with Crippen molar-refractivity contribution in [3.8, 4) is 0 Å². The minimum atomic E-state index is -1.08. The lowest BCUT2D eigenvalue weighted by Crippen LogP contribution is -2.17. The molecule has 0 rings (SSSR count). The van der Waals surface area contributed by atoms with Crippen molar-refractivity contribution >= 4 is 17.9 Å². The predicted octanol–water partition coefficient (Wildman–Crippen LogP) is 0.980. The quantitative estimate of drug-likeness (QED) is 0.0535. The second kappa shape index (κ2) is 54.2. The van der Waals surface area contributed by atoms with Crippen LogP contribution in [0.2, 0.25) is 0 Å². The summed E-state index contributed by atoms with van der Waals surface area (Å²) in [5.74, 6) is -3.47. The summed E-state index contributed by atoms with van der Waals surface area (Å²) in [6.07, 6.45) is 1.06. The zero-order chi connectivity index (χ0) is 30.1. The lowest BCUT2D eigenvalue weighted by Gasteiger charge is -2.02. The van der Waals surface area contributed by atoms with Gasteiger partial charge in [0.25, 0.3) is 0 Å². The molecule has 0 saturated carbocycles. The largest absolute Gasteiger partial charge is 0.481 e. The van der Waals surface area contributed by atoms with E-state index in [1.807, 2.05) is 7.05 Å². The van der Waals surface area contributed by atoms with Crippen LogP contribution in [0.15, 0.2) is 0 Å². The van der Waals surface area contributed by atoms with Crippen molar-refractivity contribution < 1.29 is 44.6 Å². The molecule has 14 N–H and O–H groups in total. The molecule has 0 aliphatic rings. The molecule has 0 aromatic rings. The maximum atomic E-state index is 10.3. The number of aliphatic hydroxyl groups excluding tert-OH is 1. The summed E-state index contributed by atoms with van der Waals surface area (Å²) in [7, 11) is 3.70. The van der Waals surface area contributed by atoms with Crippen molar-refractivity contribution in [2.24, 2.45) is 40.7 Å². The molecule has 0 aliphatic carbocycles. The molecule has 0 heterocycles. The van der Waals surface area contributed by atoms with Crippen LogP contribution in [0.25, 0.3) is 0 Å². The van der Waals surface area contributed by atoms with Crippen molar-refractivity contribution in [3.63, 3.8) is 0 Å². The van der Waals surface area contributed by atoms with Gasteiger partial charge in [-0.15, -0.1) is 0 Å². The van der Waals surface area contributed by atoms with Gasteiger partial charge >= 0.3 is 17.9 Å². The molecular formula is C26H70N6O9. The molecule has 258 valence electrons. The van der Waals surface area contributed by atoms with Crippen molar-refractivity contribution in [1.29, 1.82) is 0 Å². The van der Waals surface area contributed by atoms with Gasteiger partial charge in [-0.25, -0.2) is 4.79 Å². The first kappa shape index (κ1) is 62.6.